The van der Waals surface area contributed by atoms with Crippen LogP contribution in [0.5, 0.6) is 0 Å². The molecule has 13 heavy (non-hydrogen) atoms. The number of ether oxygens (including phenoxy) is 1. The summed E-state index contributed by atoms with van der Waals surface area (Å²) in [6.45, 7) is 3.93. The smallest absolute Gasteiger partial charge is 0.214 e. The summed E-state index contributed by atoms with van der Waals surface area (Å²) in [6.07, 6.45) is 0.618. The molecule has 0 aliphatic rings. The van der Waals surface area contributed by atoms with Gasteiger partial charge in [0.2, 0.25) is 4.77 Å². The van der Waals surface area contributed by atoms with E-state index >= 15 is 0 Å². The number of aromatic nitrogens is 3. The first-order valence-electron chi connectivity index (χ1n) is 3.93. The van der Waals surface area contributed by atoms with E-state index in [-0.39, 0.29) is 5.60 Å². The lowest BCUT2D eigenvalue weighted by atomic mass is 10.1. The van der Waals surface area contributed by atoms with Crippen molar-refractivity contribution in [2.24, 2.45) is 0 Å². The Morgan fingerprint density at radius 2 is 2.31 bits per heavy atom. The highest BCUT2D eigenvalue weighted by atomic mass is 32.1. The number of nitrogens with two attached hydrogens (primary N) is 1. The van der Waals surface area contributed by atoms with Crippen molar-refractivity contribution in [2.45, 2.75) is 25.9 Å². The zero-order valence-corrected chi connectivity index (χ0v) is 8.81. The first-order valence-corrected chi connectivity index (χ1v) is 4.33. The summed E-state index contributed by atoms with van der Waals surface area (Å²) in [4.78, 5) is 0. The Kier molecular flexibility index (Phi) is 2.72. The minimum atomic E-state index is -0.280. The molecule has 0 radical (unpaired) electrons. The average molecular weight is 202 g/mol. The van der Waals surface area contributed by atoms with Crippen LogP contribution in [0.1, 0.15) is 19.7 Å². The number of nitrogens with zero attached hydrogens (tertiary/aromatic N) is 2. The Labute approximate surface area is 81.9 Å². The van der Waals surface area contributed by atoms with Crippen molar-refractivity contribution in [1.29, 1.82) is 0 Å². The van der Waals surface area contributed by atoms with Gasteiger partial charge in [0.05, 0.1) is 5.60 Å². The lowest BCUT2D eigenvalue weighted by Gasteiger charge is -2.21. The van der Waals surface area contributed by atoms with Crippen molar-refractivity contribution in [3.8, 4) is 0 Å². The van der Waals surface area contributed by atoms with Gasteiger partial charge in [-0.25, -0.2) is 4.68 Å². The predicted octanol–water partition coefficient (Wildman–Crippen LogP) is 0.622. The van der Waals surface area contributed by atoms with E-state index in [4.69, 9.17) is 22.8 Å². The SMILES string of the molecule is COC(C)(C)Cc1n[nH]c(=S)n1N. The van der Waals surface area contributed by atoms with Crippen LogP contribution in [-0.4, -0.2) is 27.6 Å². The molecule has 5 nitrogen and oxygen atoms in total. The summed E-state index contributed by atoms with van der Waals surface area (Å²) >= 11 is 4.88. The minimum absolute atomic E-state index is 0.280. The molecule has 3 N–H and O–H groups in total. The molecular weight excluding hydrogens is 188 g/mol. The van der Waals surface area contributed by atoms with Gasteiger partial charge in [-0.3, -0.25) is 5.10 Å². The van der Waals surface area contributed by atoms with Gasteiger partial charge in [-0.15, -0.1) is 0 Å². The summed E-state index contributed by atoms with van der Waals surface area (Å²) < 4.78 is 7.02. The highest BCUT2D eigenvalue weighted by molar-refractivity contribution is 7.71. The number of H-pyrrole nitrogens is 1. The Morgan fingerprint density at radius 3 is 2.69 bits per heavy atom. The monoisotopic (exact) mass is 202 g/mol. The Balaban J connectivity index is 2.86. The van der Waals surface area contributed by atoms with E-state index in [2.05, 4.69) is 10.2 Å². The standard InChI is InChI=1S/C7H14N4OS/c1-7(2,12-3)4-5-9-10-6(13)11(5)8/h4,8H2,1-3H3,(H,10,13). The van der Waals surface area contributed by atoms with Gasteiger partial charge in [0.25, 0.3) is 0 Å². The first-order chi connectivity index (χ1) is 5.96. The van der Waals surface area contributed by atoms with Gasteiger partial charge < -0.3 is 10.6 Å². The second-order valence-electron chi connectivity index (χ2n) is 3.46. The van der Waals surface area contributed by atoms with Crippen LogP contribution in [0, 0.1) is 4.77 Å². The molecule has 0 unspecified atom stereocenters. The summed E-state index contributed by atoms with van der Waals surface area (Å²) in [6, 6.07) is 0. The molecule has 0 bridgehead atoms. The predicted molar refractivity (Wildman–Crippen MR) is 52.4 cm³/mol. The molecule has 6 heteroatoms. The molecular formula is C7H14N4OS. The molecule has 1 rings (SSSR count). The number of nitrogens with one attached hydrogen (secondary N) is 1. The lowest BCUT2D eigenvalue weighted by molar-refractivity contribution is 0.0211. The Bertz CT molecular complexity index is 341. The highest BCUT2D eigenvalue weighted by Gasteiger charge is 2.20. The first kappa shape index (κ1) is 10.2. The Hall–Kier alpha value is -0.880. The number of aromatic amines is 1. The summed E-state index contributed by atoms with van der Waals surface area (Å²) in [7, 11) is 1.65. The lowest BCUT2D eigenvalue weighted by Crippen LogP contribution is -2.28. The molecule has 0 aliphatic carbocycles. The fourth-order valence-electron chi connectivity index (χ4n) is 0.915. The van der Waals surface area contributed by atoms with Crippen molar-refractivity contribution in [2.75, 3.05) is 13.0 Å². The third-order valence-corrected chi connectivity index (χ3v) is 2.20. The van der Waals surface area contributed by atoms with E-state index in [0.29, 0.717) is 17.0 Å². The van der Waals surface area contributed by atoms with E-state index in [1.807, 2.05) is 13.8 Å². The zero-order chi connectivity index (χ0) is 10.1. The second kappa shape index (κ2) is 3.47. The topological polar surface area (TPSA) is 68.9 Å². The van der Waals surface area contributed by atoms with Crippen LogP contribution in [0.4, 0.5) is 0 Å². The average Bonchev–Trinajstić information content (AvgIpc) is 2.36. The maximum Gasteiger partial charge on any atom is 0.214 e. The van der Waals surface area contributed by atoms with Crippen molar-refractivity contribution in [3.05, 3.63) is 10.6 Å². The molecule has 1 aromatic heterocycles. The number of methoxy groups -OCH3 is 1. The van der Waals surface area contributed by atoms with Crippen molar-refractivity contribution in [3.63, 3.8) is 0 Å². The minimum Gasteiger partial charge on any atom is -0.378 e. The van der Waals surface area contributed by atoms with Gasteiger partial charge in [0.1, 0.15) is 0 Å². The van der Waals surface area contributed by atoms with E-state index in [9.17, 15) is 0 Å². The van der Waals surface area contributed by atoms with Crippen LogP contribution >= 0.6 is 12.2 Å². The van der Waals surface area contributed by atoms with Gasteiger partial charge in [0, 0.05) is 13.5 Å². The van der Waals surface area contributed by atoms with Crippen LogP contribution in [0.2, 0.25) is 0 Å². The maximum atomic E-state index is 5.63. The summed E-state index contributed by atoms with van der Waals surface area (Å²) in [5.41, 5.74) is -0.280. The fraction of sp³-hybridized carbons (Fsp3) is 0.714. The summed E-state index contributed by atoms with van der Waals surface area (Å²) in [5.74, 6) is 6.32. The normalized spacial score (nSPS) is 11.9. The molecule has 0 spiro atoms. The number of hydrogen-bond donors (Lipinski definition) is 2. The highest BCUT2D eigenvalue weighted by Crippen LogP contribution is 2.13. The maximum absolute atomic E-state index is 5.63. The van der Waals surface area contributed by atoms with Crippen molar-refractivity contribution >= 4 is 12.2 Å². The number of hydrogen-bond acceptors (Lipinski definition) is 4. The second-order valence-corrected chi connectivity index (χ2v) is 3.84. The van der Waals surface area contributed by atoms with E-state index in [1.165, 1.54) is 4.68 Å². The number of nitrogen functional groups attached to an aromatic ring is 1. The third-order valence-electron chi connectivity index (χ3n) is 1.91. The van der Waals surface area contributed by atoms with Crippen molar-refractivity contribution in [1.82, 2.24) is 14.9 Å². The molecule has 0 amide bonds. The van der Waals surface area contributed by atoms with E-state index in [0.717, 1.165) is 0 Å². The van der Waals surface area contributed by atoms with Gasteiger partial charge >= 0.3 is 0 Å². The molecule has 0 aromatic carbocycles. The van der Waals surface area contributed by atoms with Crippen LogP contribution in [0.25, 0.3) is 0 Å². The van der Waals surface area contributed by atoms with Crippen LogP contribution in [0.3, 0.4) is 0 Å². The van der Waals surface area contributed by atoms with Gasteiger partial charge in [0.15, 0.2) is 5.82 Å². The third kappa shape index (κ3) is 2.28. The van der Waals surface area contributed by atoms with E-state index in [1.54, 1.807) is 7.11 Å². The molecule has 0 fully saturated rings. The zero-order valence-electron chi connectivity index (χ0n) is 8.00. The molecule has 1 aromatic rings. The van der Waals surface area contributed by atoms with Crippen LogP contribution in [0.15, 0.2) is 0 Å². The molecule has 1 heterocycles. The molecule has 0 atom stereocenters. The number of rotatable bonds is 3. The quantitative estimate of drug-likeness (QED) is 0.557. The van der Waals surface area contributed by atoms with Gasteiger partial charge in [-0.2, -0.15) is 5.10 Å². The van der Waals surface area contributed by atoms with E-state index < -0.39 is 0 Å². The Morgan fingerprint density at radius 1 is 1.69 bits per heavy atom. The van der Waals surface area contributed by atoms with Crippen LogP contribution < -0.4 is 5.84 Å². The van der Waals surface area contributed by atoms with Crippen LogP contribution in [-0.2, 0) is 11.2 Å². The summed E-state index contributed by atoms with van der Waals surface area (Å²) in [5, 5.41) is 6.61. The molecule has 0 saturated carbocycles. The molecule has 0 saturated heterocycles. The largest absolute Gasteiger partial charge is 0.378 e. The molecule has 74 valence electrons. The van der Waals surface area contributed by atoms with Crippen molar-refractivity contribution < 1.29 is 4.74 Å². The molecule has 0 aliphatic heterocycles. The van der Waals surface area contributed by atoms with Gasteiger partial charge in [-0.1, -0.05) is 0 Å². The fourth-order valence-corrected chi connectivity index (χ4v) is 1.07. The van der Waals surface area contributed by atoms with Gasteiger partial charge in [-0.05, 0) is 26.1 Å².